The number of carboxylic acid groups (broad SMARTS) is 1. The molecule has 3 aliphatic carbocycles. The molecule has 2 aromatic rings. The summed E-state index contributed by atoms with van der Waals surface area (Å²) in [4.78, 5) is 23.8. The molecule has 4 atom stereocenters. The number of phenolic OH excluding ortho intramolecular Hbond substituents is 1. The first-order valence-corrected chi connectivity index (χ1v) is 12.0. The topological polar surface area (TPSA) is 86.6 Å². The number of nitrogens with one attached hydrogen (secondary N) is 1. The maximum atomic E-state index is 13.1. The molecule has 5 rings (SSSR count). The summed E-state index contributed by atoms with van der Waals surface area (Å²) in [6, 6.07) is 5.30. The van der Waals surface area contributed by atoms with Gasteiger partial charge in [0, 0.05) is 27.9 Å². The SMILES string of the molecule is CC1(C)[C@H]2C[C@@H]1[C@@H](C/C=C\CCCC(=O)O)[C@H](NC(=O)c1csc3ccc(O)cc13)C2. The van der Waals surface area contributed by atoms with E-state index in [-0.39, 0.29) is 24.1 Å². The number of aromatic hydroxyl groups is 1. The van der Waals surface area contributed by atoms with Crippen LogP contribution in [0.1, 0.15) is 62.7 Å². The number of rotatable bonds is 8. The summed E-state index contributed by atoms with van der Waals surface area (Å²) in [6.07, 6.45) is 9.04. The normalized spacial score (nSPS) is 26.6. The van der Waals surface area contributed by atoms with Crippen molar-refractivity contribution >= 4 is 33.3 Å². The van der Waals surface area contributed by atoms with E-state index < -0.39 is 5.97 Å². The van der Waals surface area contributed by atoms with Crippen LogP contribution in [-0.2, 0) is 4.79 Å². The Hall–Kier alpha value is -2.34. The second-order valence-electron chi connectivity index (χ2n) is 9.66. The quantitative estimate of drug-likeness (QED) is 0.368. The number of amides is 1. The van der Waals surface area contributed by atoms with Gasteiger partial charge in [-0.3, -0.25) is 9.59 Å². The molecule has 1 aromatic carbocycles. The summed E-state index contributed by atoms with van der Waals surface area (Å²) in [7, 11) is 0. The lowest BCUT2D eigenvalue weighted by Gasteiger charge is -2.62. The van der Waals surface area contributed by atoms with Crippen LogP contribution in [0.4, 0.5) is 0 Å². The van der Waals surface area contributed by atoms with E-state index in [9.17, 15) is 14.7 Å². The van der Waals surface area contributed by atoms with Crippen molar-refractivity contribution in [2.24, 2.45) is 23.2 Å². The van der Waals surface area contributed by atoms with Crippen LogP contribution in [0.3, 0.4) is 0 Å². The lowest BCUT2D eigenvalue weighted by molar-refractivity contribution is -0.137. The van der Waals surface area contributed by atoms with Crippen LogP contribution in [0.5, 0.6) is 5.75 Å². The Morgan fingerprint density at radius 1 is 1.26 bits per heavy atom. The molecular weight excluding hydrogens is 410 g/mol. The highest BCUT2D eigenvalue weighted by Gasteiger charge is 2.57. The molecule has 0 unspecified atom stereocenters. The van der Waals surface area contributed by atoms with Gasteiger partial charge in [0.25, 0.3) is 5.91 Å². The molecule has 3 aliphatic rings. The average molecular weight is 442 g/mol. The number of allylic oxidation sites excluding steroid dienone is 2. The summed E-state index contributed by atoms with van der Waals surface area (Å²) >= 11 is 1.52. The molecule has 0 spiro atoms. The van der Waals surface area contributed by atoms with Crippen LogP contribution in [0.25, 0.3) is 10.1 Å². The Morgan fingerprint density at radius 3 is 2.81 bits per heavy atom. The van der Waals surface area contributed by atoms with Gasteiger partial charge in [-0.1, -0.05) is 26.0 Å². The molecule has 166 valence electrons. The molecule has 0 saturated heterocycles. The van der Waals surface area contributed by atoms with Crippen molar-refractivity contribution in [2.75, 3.05) is 0 Å². The third-order valence-corrected chi connectivity index (χ3v) is 8.54. The second-order valence-corrected chi connectivity index (χ2v) is 10.6. The van der Waals surface area contributed by atoms with Gasteiger partial charge in [-0.05, 0) is 73.5 Å². The van der Waals surface area contributed by atoms with Crippen molar-refractivity contribution in [2.45, 2.75) is 58.4 Å². The molecular formula is C25H31NO4S. The van der Waals surface area contributed by atoms with E-state index in [1.54, 1.807) is 12.1 Å². The number of carbonyl (C=O) groups is 2. The molecule has 0 radical (unpaired) electrons. The van der Waals surface area contributed by atoms with Crippen molar-refractivity contribution in [3.8, 4) is 5.75 Å². The fourth-order valence-electron chi connectivity index (χ4n) is 5.62. The van der Waals surface area contributed by atoms with Gasteiger partial charge in [-0.25, -0.2) is 0 Å². The van der Waals surface area contributed by atoms with E-state index in [0.717, 1.165) is 29.3 Å². The molecule has 1 heterocycles. The number of hydrogen-bond donors (Lipinski definition) is 3. The van der Waals surface area contributed by atoms with Crippen LogP contribution in [0.2, 0.25) is 0 Å². The number of hydrogen-bond acceptors (Lipinski definition) is 4. The summed E-state index contributed by atoms with van der Waals surface area (Å²) in [5, 5.41) is 24.6. The predicted octanol–water partition coefficient (Wildman–Crippen LogP) is 5.59. The van der Waals surface area contributed by atoms with Gasteiger partial charge < -0.3 is 15.5 Å². The highest BCUT2D eigenvalue weighted by atomic mass is 32.1. The monoisotopic (exact) mass is 441 g/mol. The minimum Gasteiger partial charge on any atom is -0.508 e. The largest absolute Gasteiger partial charge is 0.508 e. The van der Waals surface area contributed by atoms with Crippen LogP contribution in [-0.4, -0.2) is 28.1 Å². The van der Waals surface area contributed by atoms with Gasteiger partial charge in [-0.2, -0.15) is 0 Å². The maximum absolute atomic E-state index is 13.1. The molecule has 3 saturated carbocycles. The zero-order valence-electron chi connectivity index (χ0n) is 18.1. The molecule has 1 aromatic heterocycles. The third kappa shape index (κ3) is 4.36. The Bertz CT molecular complexity index is 1010. The van der Waals surface area contributed by atoms with E-state index in [2.05, 4.69) is 31.3 Å². The van der Waals surface area contributed by atoms with E-state index in [0.29, 0.717) is 35.2 Å². The van der Waals surface area contributed by atoms with Gasteiger partial charge in [0.2, 0.25) is 0 Å². The fraction of sp³-hybridized carbons (Fsp3) is 0.520. The highest BCUT2D eigenvalue weighted by molar-refractivity contribution is 7.17. The van der Waals surface area contributed by atoms with E-state index in [1.165, 1.54) is 17.8 Å². The average Bonchev–Trinajstić information content (AvgIpc) is 3.13. The van der Waals surface area contributed by atoms with Crippen molar-refractivity contribution in [3.63, 3.8) is 0 Å². The first kappa shape index (κ1) is 21.9. The first-order chi connectivity index (χ1) is 14.8. The molecule has 31 heavy (non-hydrogen) atoms. The van der Waals surface area contributed by atoms with Gasteiger partial charge in [0.1, 0.15) is 5.75 Å². The Labute approximate surface area is 187 Å². The standard InChI is InChI=1S/C25H31NO4S/c1-25(2)15-11-20(25)17(7-5-3-4-6-8-23(28)29)21(12-15)26-24(30)19-14-31-22-10-9-16(27)13-18(19)22/h3,5,9-10,13-15,17,20-21,27H,4,6-8,11-12H2,1-2H3,(H,26,30)(H,28,29)/b5-3-/t15-,17+,20+,21+/m0/s1. The number of phenols is 1. The van der Waals surface area contributed by atoms with E-state index in [4.69, 9.17) is 5.11 Å². The maximum Gasteiger partial charge on any atom is 0.303 e. The lowest BCUT2D eigenvalue weighted by Crippen LogP contribution is -2.61. The third-order valence-electron chi connectivity index (χ3n) is 7.57. The zero-order chi connectivity index (χ0) is 22.2. The van der Waals surface area contributed by atoms with Gasteiger partial charge in [0.15, 0.2) is 0 Å². The number of carbonyl (C=O) groups excluding carboxylic acids is 1. The Kier molecular flexibility index (Phi) is 6.11. The van der Waals surface area contributed by atoms with Gasteiger partial charge >= 0.3 is 5.97 Å². The molecule has 6 heteroatoms. The number of unbranched alkanes of at least 4 members (excludes halogenated alkanes) is 1. The summed E-state index contributed by atoms with van der Waals surface area (Å²) in [5.41, 5.74) is 0.946. The highest BCUT2D eigenvalue weighted by Crippen LogP contribution is 2.62. The van der Waals surface area contributed by atoms with Crippen molar-refractivity contribution in [1.82, 2.24) is 5.32 Å². The second kappa shape index (κ2) is 8.65. The van der Waals surface area contributed by atoms with E-state index >= 15 is 0 Å². The summed E-state index contributed by atoms with van der Waals surface area (Å²) in [5.74, 6) is 0.978. The minimum absolute atomic E-state index is 0.0589. The minimum atomic E-state index is -0.750. The zero-order valence-corrected chi connectivity index (χ0v) is 19.0. The Balaban J connectivity index is 1.45. The van der Waals surface area contributed by atoms with E-state index in [1.807, 2.05) is 11.4 Å². The van der Waals surface area contributed by atoms with Gasteiger partial charge in [0.05, 0.1) is 5.56 Å². The number of carboxylic acids is 1. The molecule has 5 nitrogen and oxygen atoms in total. The number of aliphatic carboxylic acids is 1. The van der Waals surface area contributed by atoms with Crippen molar-refractivity contribution in [1.29, 1.82) is 0 Å². The molecule has 3 N–H and O–H groups in total. The molecule has 0 aliphatic heterocycles. The summed E-state index contributed by atoms with van der Waals surface area (Å²) in [6.45, 7) is 4.70. The van der Waals surface area contributed by atoms with Crippen molar-refractivity contribution in [3.05, 3.63) is 41.3 Å². The van der Waals surface area contributed by atoms with Crippen molar-refractivity contribution < 1.29 is 19.8 Å². The van der Waals surface area contributed by atoms with Crippen LogP contribution in [0, 0.1) is 23.2 Å². The number of benzene rings is 1. The number of fused-ring (bicyclic) bond motifs is 3. The predicted molar refractivity (Wildman–Crippen MR) is 123 cm³/mol. The van der Waals surface area contributed by atoms with Crippen LogP contribution < -0.4 is 5.32 Å². The fourth-order valence-corrected chi connectivity index (χ4v) is 6.54. The Morgan fingerprint density at radius 2 is 2.06 bits per heavy atom. The van der Waals surface area contributed by atoms with Gasteiger partial charge in [-0.15, -0.1) is 11.3 Å². The lowest BCUT2D eigenvalue weighted by atomic mass is 9.44. The molecule has 3 fully saturated rings. The smallest absolute Gasteiger partial charge is 0.303 e. The molecule has 1 amide bonds. The first-order valence-electron chi connectivity index (χ1n) is 11.1. The summed E-state index contributed by atoms with van der Waals surface area (Å²) < 4.78 is 0.997. The molecule has 2 bridgehead atoms. The number of thiophene rings is 1. The van der Waals surface area contributed by atoms with Crippen LogP contribution >= 0.6 is 11.3 Å². The van der Waals surface area contributed by atoms with Crippen LogP contribution in [0.15, 0.2) is 35.7 Å².